The van der Waals surface area contributed by atoms with Gasteiger partial charge >= 0.3 is 5.97 Å². The number of nitrogens with one attached hydrogen (secondary N) is 1. The van der Waals surface area contributed by atoms with Crippen molar-refractivity contribution in [2.75, 3.05) is 6.61 Å². The van der Waals surface area contributed by atoms with Crippen LogP contribution in [0.15, 0.2) is 6.07 Å². The second-order valence-corrected chi connectivity index (χ2v) is 4.56. The normalized spacial score (nSPS) is 10.3. The van der Waals surface area contributed by atoms with E-state index >= 15 is 0 Å². The number of aromatic amines is 1. The van der Waals surface area contributed by atoms with Crippen molar-refractivity contribution in [2.45, 2.75) is 13.8 Å². The molecule has 0 spiro atoms. The number of hydrogen-bond donors (Lipinski definition) is 1. The van der Waals surface area contributed by atoms with Crippen LogP contribution in [0.1, 0.15) is 27.9 Å². The number of thiophene rings is 1. The highest BCUT2D eigenvalue weighted by Gasteiger charge is 2.20. The smallest absolute Gasteiger partial charge is 0.356 e. The van der Waals surface area contributed by atoms with Crippen LogP contribution in [0.5, 0.6) is 0 Å². The second-order valence-electron chi connectivity index (χ2n) is 3.31. The highest BCUT2D eigenvalue weighted by atomic mass is 32.1. The largest absolute Gasteiger partial charge is 0.461 e. The Bertz CT molecular complexity index is 589. The Hall–Kier alpha value is -1.80. The molecule has 0 aromatic carbocycles. The number of ether oxygens (including phenoxy) is 1. The van der Waals surface area contributed by atoms with Crippen molar-refractivity contribution < 1.29 is 9.53 Å². The lowest BCUT2D eigenvalue weighted by Gasteiger charge is -1.98. The molecule has 0 fully saturated rings. The van der Waals surface area contributed by atoms with Gasteiger partial charge in [0.15, 0.2) is 0 Å². The molecule has 2 heterocycles. The van der Waals surface area contributed by atoms with E-state index in [1.54, 1.807) is 6.92 Å². The van der Waals surface area contributed by atoms with Crippen LogP contribution in [0.3, 0.4) is 0 Å². The van der Waals surface area contributed by atoms with Gasteiger partial charge in [0.25, 0.3) is 0 Å². The van der Waals surface area contributed by atoms with Crippen LogP contribution in [0.2, 0.25) is 0 Å². The van der Waals surface area contributed by atoms with Gasteiger partial charge in [0.05, 0.1) is 16.8 Å². The third-order valence-electron chi connectivity index (χ3n) is 2.18. The SMILES string of the molecule is CCOC(=O)c1[nH]c2cc(C)sc2c1C#N. The summed E-state index contributed by atoms with van der Waals surface area (Å²) < 4.78 is 5.71. The van der Waals surface area contributed by atoms with Gasteiger partial charge in [-0.1, -0.05) is 0 Å². The molecule has 0 aliphatic heterocycles. The van der Waals surface area contributed by atoms with E-state index in [4.69, 9.17) is 10.00 Å². The predicted molar refractivity (Wildman–Crippen MR) is 61.6 cm³/mol. The molecule has 0 saturated carbocycles. The van der Waals surface area contributed by atoms with Crippen LogP contribution >= 0.6 is 11.3 Å². The van der Waals surface area contributed by atoms with E-state index in [0.717, 1.165) is 15.1 Å². The van der Waals surface area contributed by atoms with Gasteiger partial charge in [0, 0.05) is 4.88 Å². The van der Waals surface area contributed by atoms with Crippen molar-refractivity contribution in [3.8, 4) is 6.07 Å². The second kappa shape index (κ2) is 3.99. The number of rotatable bonds is 2. The molecular formula is C11H10N2O2S. The van der Waals surface area contributed by atoms with Crippen LogP contribution < -0.4 is 0 Å². The maximum absolute atomic E-state index is 11.6. The first-order chi connectivity index (χ1) is 7.67. The molecule has 0 saturated heterocycles. The topological polar surface area (TPSA) is 65.9 Å². The maximum Gasteiger partial charge on any atom is 0.356 e. The van der Waals surface area contributed by atoms with Gasteiger partial charge in [0.2, 0.25) is 0 Å². The first kappa shape index (κ1) is 10.7. The number of carbonyl (C=O) groups excluding carboxylic acids is 1. The van der Waals surface area contributed by atoms with Crippen molar-refractivity contribution in [3.05, 3.63) is 22.2 Å². The molecule has 4 nitrogen and oxygen atoms in total. The standard InChI is InChI=1S/C11H10N2O2S/c1-3-15-11(14)9-7(5-12)10-8(13-9)4-6(2)16-10/h4,13H,3H2,1-2H3. The zero-order valence-electron chi connectivity index (χ0n) is 8.96. The number of aromatic nitrogens is 1. The lowest BCUT2D eigenvalue weighted by Crippen LogP contribution is -2.06. The number of nitriles is 1. The monoisotopic (exact) mass is 234 g/mol. The number of aryl methyl sites for hydroxylation is 1. The average Bonchev–Trinajstić information content (AvgIpc) is 2.73. The van der Waals surface area contributed by atoms with Crippen molar-refractivity contribution in [3.63, 3.8) is 0 Å². The molecule has 0 amide bonds. The van der Waals surface area contributed by atoms with Crippen LogP contribution in [-0.2, 0) is 4.74 Å². The van der Waals surface area contributed by atoms with Crippen molar-refractivity contribution in [2.24, 2.45) is 0 Å². The van der Waals surface area contributed by atoms with E-state index in [1.807, 2.05) is 19.1 Å². The minimum absolute atomic E-state index is 0.255. The molecule has 1 N–H and O–H groups in total. The fraction of sp³-hybridized carbons (Fsp3) is 0.273. The van der Waals surface area contributed by atoms with Crippen molar-refractivity contribution in [1.82, 2.24) is 4.98 Å². The van der Waals surface area contributed by atoms with Gasteiger partial charge in [-0.15, -0.1) is 11.3 Å². The van der Waals surface area contributed by atoms with Crippen LogP contribution in [0.4, 0.5) is 0 Å². The molecule has 2 aromatic rings. The van der Waals surface area contributed by atoms with Gasteiger partial charge in [-0.2, -0.15) is 5.26 Å². The molecular weight excluding hydrogens is 224 g/mol. The Morgan fingerprint density at radius 2 is 2.44 bits per heavy atom. The summed E-state index contributed by atoms with van der Waals surface area (Å²) in [4.78, 5) is 15.6. The number of carbonyl (C=O) groups is 1. The van der Waals surface area contributed by atoms with Crippen molar-refractivity contribution >= 4 is 27.5 Å². The average molecular weight is 234 g/mol. The highest BCUT2D eigenvalue weighted by molar-refractivity contribution is 7.19. The molecule has 0 radical (unpaired) electrons. The predicted octanol–water partition coefficient (Wildman–Crippen LogP) is 2.59. The van der Waals surface area contributed by atoms with Gasteiger partial charge in [-0.3, -0.25) is 0 Å². The lowest BCUT2D eigenvalue weighted by atomic mass is 10.2. The van der Waals surface area contributed by atoms with Gasteiger partial charge in [-0.25, -0.2) is 4.79 Å². The summed E-state index contributed by atoms with van der Waals surface area (Å²) in [7, 11) is 0. The molecule has 0 atom stereocenters. The Morgan fingerprint density at radius 3 is 3.06 bits per heavy atom. The van der Waals surface area contributed by atoms with Crippen LogP contribution in [0.25, 0.3) is 10.2 Å². The number of nitrogens with zero attached hydrogens (tertiary/aromatic N) is 1. The van der Waals surface area contributed by atoms with E-state index in [2.05, 4.69) is 4.98 Å². The van der Waals surface area contributed by atoms with Crippen molar-refractivity contribution in [1.29, 1.82) is 5.26 Å². The first-order valence-corrected chi connectivity index (χ1v) is 5.68. The molecule has 82 valence electrons. The molecule has 2 rings (SSSR count). The molecule has 0 bridgehead atoms. The quantitative estimate of drug-likeness (QED) is 0.812. The number of fused-ring (bicyclic) bond motifs is 1. The highest BCUT2D eigenvalue weighted by Crippen LogP contribution is 2.30. The molecule has 5 heteroatoms. The third-order valence-corrected chi connectivity index (χ3v) is 3.25. The van der Waals surface area contributed by atoms with Gasteiger partial charge < -0.3 is 9.72 Å². The summed E-state index contributed by atoms with van der Waals surface area (Å²) in [5, 5.41) is 9.06. The summed E-state index contributed by atoms with van der Waals surface area (Å²) in [6.07, 6.45) is 0. The fourth-order valence-electron chi connectivity index (χ4n) is 1.57. The molecule has 0 aliphatic carbocycles. The maximum atomic E-state index is 11.6. The summed E-state index contributed by atoms with van der Waals surface area (Å²) in [5.74, 6) is -0.472. The Kier molecular flexibility index (Phi) is 2.67. The molecule has 0 unspecified atom stereocenters. The number of esters is 1. The molecule has 2 aromatic heterocycles. The van der Waals surface area contributed by atoms with Crippen LogP contribution in [0, 0.1) is 18.3 Å². The van der Waals surface area contributed by atoms with E-state index < -0.39 is 5.97 Å². The summed E-state index contributed by atoms with van der Waals surface area (Å²) in [6, 6.07) is 3.97. The molecule has 16 heavy (non-hydrogen) atoms. The summed E-state index contributed by atoms with van der Waals surface area (Å²) in [6.45, 7) is 4.00. The zero-order valence-corrected chi connectivity index (χ0v) is 9.77. The summed E-state index contributed by atoms with van der Waals surface area (Å²) in [5.41, 5.74) is 1.46. The number of hydrogen-bond acceptors (Lipinski definition) is 4. The fourth-order valence-corrected chi connectivity index (χ4v) is 2.53. The Labute approximate surface area is 96.5 Å². The minimum atomic E-state index is -0.472. The first-order valence-electron chi connectivity index (χ1n) is 4.86. The lowest BCUT2D eigenvalue weighted by molar-refractivity contribution is 0.0520. The molecule has 0 aliphatic rings. The number of H-pyrrole nitrogens is 1. The Balaban J connectivity index is 2.58. The minimum Gasteiger partial charge on any atom is -0.461 e. The third kappa shape index (κ3) is 1.57. The van der Waals surface area contributed by atoms with E-state index in [9.17, 15) is 4.79 Å². The van der Waals surface area contributed by atoms with Gasteiger partial charge in [-0.05, 0) is 19.9 Å². The Morgan fingerprint density at radius 1 is 1.69 bits per heavy atom. The van der Waals surface area contributed by atoms with Gasteiger partial charge in [0.1, 0.15) is 17.3 Å². The van der Waals surface area contributed by atoms with E-state index in [1.165, 1.54) is 11.3 Å². The van der Waals surface area contributed by atoms with Crippen LogP contribution in [-0.4, -0.2) is 17.6 Å². The van der Waals surface area contributed by atoms with E-state index in [0.29, 0.717) is 12.2 Å². The zero-order chi connectivity index (χ0) is 11.7. The van der Waals surface area contributed by atoms with E-state index in [-0.39, 0.29) is 5.69 Å². The summed E-state index contributed by atoms with van der Waals surface area (Å²) >= 11 is 1.50.